The summed E-state index contributed by atoms with van der Waals surface area (Å²) in [5, 5.41) is 3.30. The Labute approximate surface area is 94.6 Å². The standard InChI is InChI=1S/C12H11N.Cu/c1-3-7-11(8-4-1)13-12-9-5-2-6-10-12;/h1-10,13H;. The Kier molecular flexibility index (Phi) is 4.24. The molecule has 2 aromatic rings. The average Bonchev–Trinajstić information content (AvgIpc) is 2.21. The Bertz CT molecular complexity index is 321. The van der Waals surface area contributed by atoms with Crippen LogP contribution in [0.15, 0.2) is 60.7 Å². The molecule has 0 aliphatic rings. The average molecular weight is 233 g/mol. The molecule has 0 aliphatic carbocycles. The molecule has 1 N–H and O–H groups in total. The van der Waals surface area contributed by atoms with Gasteiger partial charge in [0.2, 0.25) is 0 Å². The van der Waals surface area contributed by atoms with E-state index < -0.39 is 0 Å². The van der Waals surface area contributed by atoms with E-state index in [9.17, 15) is 0 Å². The fourth-order valence-electron chi connectivity index (χ4n) is 1.21. The molecule has 0 fully saturated rings. The number of rotatable bonds is 2. The van der Waals surface area contributed by atoms with Crippen LogP contribution in [0.2, 0.25) is 0 Å². The molecule has 75 valence electrons. The summed E-state index contributed by atoms with van der Waals surface area (Å²) in [4.78, 5) is 0. The zero-order valence-corrected chi connectivity index (χ0v) is 8.52. The smallest absolute Gasteiger partial charge is 0.0384 e. The molecule has 0 saturated heterocycles. The molecule has 0 atom stereocenters. The zero-order valence-electron chi connectivity index (χ0n) is 7.58. The monoisotopic (exact) mass is 232 g/mol. The summed E-state index contributed by atoms with van der Waals surface area (Å²) in [7, 11) is 0. The zero-order chi connectivity index (χ0) is 8.93. The second-order valence-corrected chi connectivity index (χ2v) is 2.86. The van der Waals surface area contributed by atoms with Crippen LogP contribution in [0, 0.1) is 0 Å². The van der Waals surface area contributed by atoms with E-state index in [4.69, 9.17) is 0 Å². The van der Waals surface area contributed by atoms with Crippen molar-refractivity contribution in [3.8, 4) is 0 Å². The van der Waals surface area contributed by atoms with Crippen LogP contribution in [-0.4, -0.2) is 0 Å². The normalized spacial score (nSPS) is 8.86. The molecular weight excluding hydrogens is 222 g/mol. The van der Waals surface area contributed by atoms with Crippen LogP contribution in [0.1, 0.15) is 0 Å². The van der Waals surface area contributed by atoms with Gasteiger partial charge in [0.15, 0.2) is 0 Å². The Morgan fingerprint density at radius 3 is 1.29 bits per heavy atom. The van der Waals surface area contributed by atoms with Crippen LogP contribution in [0.3, 0.4) is 0 Å². The SMILES string of the molecule is [Cu].c1ccc(Nc2ccccc2)cc1. The number of nitrogens with one attached hydrogen (secondary N) is 1. The van der Waals surface area contributed by atoms with Gasteiger partial charge in [-0.25, -0.2) is 0 Å². The number of hydrogen-bond acceptors (Lipinski definition) is 1. The first-order valence-electron chi connectivity index (χ1n) is 4.32. The van der Waals surface area contributed by atoms with Crippen LogP contribution in [0.5, 0.6) is 0 Å². The molecule has 2 aromatic carbocycles. The predicted octanol–water partition coefficient (Wildman–Crippen LogP) is 3.43. The number of hydrogen-bond donors (Lipinski definition) is 1. The molecule has 0 bridgehead atoms. The molecule has 0 heterocycles. The van der Waals surface area contributed by atoms with E-state index in [1.807, 2.05) is 60.7 Å². The van der Waals surface area contributed by atoms with Crippen molar-refractivity contribution in [3.05, 3.63) is 60.7 Å². The van der Waals surface area contributed by atoms with Gasteiger partial charge < -0.3 is 5.32 Å². The topological polar surface area (TPSA) is 12.0 Å². The largest absolute Gasteiger partial charge is 0.356 e. The van der Waals surface area contributed by atoms with Gasteiger partial charge in [0, 0.05) is 28.4 Å². The maximum absolute atomic E-state index is 3.30. The summed E-state index contributed by atoms with van der Waals surface area (Å²) in [6.07, 6.45) is 0. The van der Waals surface area contributed by atoms with E-state index in [0.717, 1.165) is 11.4 Å². The van der Waals surface area contributed by atoms with E-state index in [2.05, 4.69) is 5.32 Å². The van der Waals surface area contributed by atoms with Gasteiger partial charge in [-0.2, -0.15) is 0 Å². The summed E-state index contributed by atoms with van der Waals surface area (Å²) >= 11 is 0. The molecule has 0 aromatic heterocycles. The summed E-state index contributed by atoms with van der Waals surface area (Å²) in [5.74, 6) is 0. The molecular formula is C12H11CuN. The number of benzene rings is 2. The van der Waals surface area contributed by atoms with Crippen molar-refractivity contribution in [1.29, 1.82) is 0 Å². The minimum atomic E-state index is 0. The summed E-state index contributed by atoms with van der Waals surface area (Å²) in [6.45, 7) is 0. The second-order valence-electron chi connectivity index (χ2n) is 2.86. The maximum atomic E-state index is 3.30. The van der Waals surface area contributed by atoms with Gasteiger partial charge in [-0.15, -0.1) is 0 Å². The van der Waals surface area contributed by atoms with Crippen LogP contribution in [-0.2, 0) is 17.1 Å². The fraction of sp³-hybridized carbons (Fsp3) is 0. The van der Waals surface area contributed by atoms with Gasteiger partial charge in [0.1, 0.15) is 0 Å². The summed E-state index contributed by atoms with van der Waals surface area (Å²) < 4.78 is 0. The van der Waals surface area contributed by atoms with Gasteiger partial charge in [0.05, 0.1) is 0 Å². The minimum absolute atomic E-state index is 0. The molecule has 1 radical (unpaired) electrons. The van der Waals surface area contributed by atoms with E-state index in [-0.39, 0.29) is 17.1 Å². The molecule has 0 saturated carbocycles. The number of para-hydroxylation sites is 2. The summed E-state index contributed by atoms with van der Waals surface area (Å²) in [6, 6.07) is 20.3. The van der Waals surface area contributed by atoms with Crippen molar-refractivity contribution in [2.75, 3.05) is 5.32 Å². The number of anilines is 2. The Hall–Kier alpha value is -1.24. The van der Waals surface area contributed by atoms with Gasteiger partial charge in [0.25, 0.3) is 0 Å². The van der Waals surface area contributed by atoms with Gasteiger partial charge in [-0.3, -0.25) is 0 Å². The molecule has 1 nitrogen and oxygen atoms in total. The van der Waals surface area contributed by atoms with E-state index in [1.165, 1.54) is 0 Å². The molecule has 2 heteroatoms. The molecule has 0 unspecified atom stereocenters. The van der Waals surface area contributed by atoms with Crippen molar-refractivity contribution in [2.45, 2.75) is 0 Å². The summed E-state index contributed by atoms with van der Waals surface area (Å²) in [5.41, 5.74) is 2.24. The second kappa shape index (κ2) is 5.48. The fourth-order valence-corrected chi connectivity index (χ4v) is 1.21. The maximum Gasteiger partial charge on any atom is 0.0384 e. The quantitative estimate of drug-likeness (QED) is 0.783. The van der Waals surface area contributed by atoms with Gasteiger partial charge in [-0.05, 0) is 24.3 Å². The first-order chi connectivity index (χ1) is 6.45. The van der Waals surface area contributed by atoms with Crippen LogP contribution >= 0.6 is 0 Å². The first kappa shape index (κ1) is 10.8. The van der Waals surface area contributed by atoms with Crippen molar-refractivity contribution in [1.82, 2.24) is 0 Å². The van der Waals surface area contributed by atoms with Crippen molar-refractivity contribution in [3.63, 3.8) is 0 Å². The third-order valence-electron chi connectivity index (χ3n) is 1.84. The van der Waals surface area contributed by atoms with E-state index >= 15 is 0 Å². The van der Waals surface area contributed by atoms with Crippen molar-refractivity contribution < 1.29 is 17.1 Å². The van der Waals surface area contributed by atoms with Gasteiger partial charge in [-0.1, -0.05) is 36.4 Å². The van der Waals surface area contributed by atoms with Crippen molar-refractivity contribution in [2.24, 2.45) is 0 Å². The molecule has 2 rings (SSSR count). The molecule has 14 heavy (non-hydrogen) atoms. The van der Waals surface area contributed by atoms with E-state index in [1.54, 1.807) is 0 Å². The molecule has 0 spiro atoms. The molecule has 0 aliphatic heterocycles. The Morgan fingerprint density at radius 1 is 0.571 bits per heavy atom. The predicted molar refractivity (Wildman–Crippen MR) is 56.2 cm³/mol. The first-order valence-corrected chi connectivity index (χ1v) is 4.32. The van der Waals surface area contributed by atoms with Crippen molar-refractivity contribution >= 4 is 11.4 Å². The van der Waals surface area contributed by atoms with Gasteiger partial charge >= 0.3 is 0 Å². The third-order valence-corrected chi connectivity index (χ3v) is 1.84. The van der Waals surface area contributed by atoms with Crippen LogP contribution < -0.4 is 5.32 Å². The Balaban J connectivity index is 0.000000980. The molecule has 0 amide bonds. The van der Waals surface area contributed by atoms with Crippen LogP contribution in [0.25, 0.3) is 0 Å². The van der Waals surface area contributed by atoms with E-state index in [0.29, 0.717) is 0 Å². The Morgan fingerprint density at radius 2 is 0.929 bits per heavy atom. The minimum Gasteiger partial charge on any atom is -0.356 e. The third kappa shape index (κ3) is 2.91. The van der Waals surface area contributed by atoms with Crippen LogP contribution in [0.4, 0.5) is 11.4 Å².